The average Bonchev–Trinajstić information content (AvgIpc) is 3.12. The summed E-state index contributed by atoms with van der Waals surface area (Å²) < 4.78 is 0. The van der Waals surface area contributed by atoms with E-state index in [9.17, 15) is 0 Å². The predicted molar refractivity (Wildman–Crippen MR) is 90.7 cm³/mol. The molecule has 2 aromatic rings. The topological polar surface area (TPSA) is 24.9 Å². The molecule has 0 amide bonds. The van der Waals surface area contributed by atoms with Gasteiger partial charge in [0.15, 0.2) is 0 Å². The molecule has 1 unspecified atom stereocenters. The summed E-state index contributed by atoms with van der Waals surface area (Å²) in [7, 11) is 0. The molecule has 0 aliphatic heterocycles. The molecule has 112 valence electrons. The Kier molecular flexibility index (Phi) is 4.55. The van der Waals surface area contributed by atoms with Crippen LogP contribution in [0.25, 0.3) is 0 Å². The lowest BCUT2D eigenvalue weighted by atomic mass is 10.1. The second-order valence-corrected chi connectivity index (χ2v) is 7.54. The van der Waals surface area contributed by atoms with Gasteiger partial charge in [0.1, 0.15) is 5.01 Å². The molecule has 2 nitrogen and oxygen atoms in total. The molecule has 0 bridgehead atoms. The van der Waals surface area contributed by atoms with Gasteiger partial charge in [-0.1, -0.05) is 37.0 Å². The summed E-state index contributed by atoms with van der Waals surface area (Å²) in [6.07, 6.45) is 2.44. The van der Waals surface area contributed by atoms with Crippen molar-refractivity contribution < 1.29 is 0 Å². The summed E-state index contributed by atoms with van der Waals surface area (Å²) in [5, 5.41) is 8.29. The summed E-state index contributed by atoms with van der Waals surface area (Å²) in [4.78, 5) is 4.79. The standard InChI is InChI=1S/C16H18Cl2N2S/c1-9(2)14-8-21-16(20-14)15(19-11-4-5-11)12-7-10(17)3-6-13(12)18/h3,6-9,11,15,19H,4-5H2,1-2H3. The Bertz CT molecular complexity index is 635. The van der Waals surface area contributed by atoms with Crippen molar-refractivity contribution in [2.24, 2.45) is 0 Å². The molecule has 0 radical (unpaired) electrons. The molecule has 1 fully saturated rings. The van der Waals surface area contributed by atoms with E-state index in [1.54, 1.807) is 11.3 Å². The SMILES string of the molecule is CC(C)c1csc(C(NC2CC2)c2cc(Cl)ccc2Cl)n1. The molecule has 1 N–H and O–H groups in total. The van der Waals surface area contributed by atoms with Crippen LogP contribution in [0.15, 0.2) is 23.6 Å². The molecule has 0 saturated heterocycles. The lowest BCUT2D eigenvalue weighted by Gasteiger charge is -2.18. The van der Waals surface area contributed by atoms with Crippen molar-refractivity contribution >= 4 is 34.5 Å². The van der Waals surface area contributed by atoms with Crippen molar-refractivity contribution in [1.29, 1.82) is 0 Å². The van der Waals surface area contributed by atoms with E-state index in [1.807, 2.05) is 18.2 Å². The maximum Gasteiger partial charge on any atom is 0.114 e. The summed E-state index contributed by atoms with van der Waals surface area (Å²) in [5.74, 6) is 0.436. The van der Waals surface area contributed by atoms with Gasteiger partial charge in [-0.25, -0.2) is 4.98 Å². The van der Waals surface area contributed by atoms with Crippen molar-refractivity contribution in [3.63, 3.8) is 0 Å². The molecule has 0 spiro atoms. The van der Waals surface area contributed by atoms with Crippen molar-refractivity contribution in [2.75, 3.05) is 0 Å². The van der Waals surface area contributed by atoms with E-state index in [0.29, 0.717) is 17.0 Å². The van der Waals surface area contributed by atoms with Gasteiger partial charge in [0.2, 0.25) is 0 Å². The smallest absolute Gasteiger partial charge is 0.114 e. The molecule has 1 aromatic heterocycles. The summed E-state index contributed by atoms with van der Waals surface area (Å²) in [5.41, 5.74) is 2.15. The van der Waals surface area contributed by atoms with Gasteiger partial charge >= 0.3 is 0 Å². The zero-order chi connectivity index (χ0) is 15.0. The van der Waals surface area contributed by atoms with E-state index in [0.717, 1.165) is 21.3 Å². The van der Waals surface area contributed by atoms with Gasteiger partial charge in [-0.3, -0.25) is 0 Å². The molecule has 5 heteroatoms. The van der Waals surface area contributed by atoms with Gasteiger partial charge < -0.3 is 5.32 Å². The van der Waals surface area contributed by atoms with Crippen LogP contribution in [0.3, 0.4) is 0 Å². The van der Waals surface area contributed by atoms with Crippen LogP contribution in [-0.2, 0) is 0 Å². The Balaban J connectivity index is 1.97. The molecule has 1 aliphatic carbocycles. The molecule has 1 heterocycles. The fourth-order valence-electron chi connectivity index (χ4n) is 2.21. The van der Waals surface area contributed by atoms with E-state index < -0.39 is 0 Å². The number of hydrogen-bond acceptors (Lipinski definition) is 3. The quantitative estimate of drug-likeness (QED) is 0.786. The Morgan fingerprint density at radius 1 is 1.29 bits per heavy atom. The highest BCUT2D eigenvalue weighted by Crippen LogP contribution is 2.35. The number of aromatic nitrogens is 1. The van der Waals surface area contributed by atoms with Crippen LogP contribution in [0.2, 0.25) is 10.0 Å². The summed E-state index contributed by atoms with van der Waals surface area (Å²) >= 11 is 14.2. The predicted octanol–water partition coefficient (Wildman–Crippen LogP) is 5.41. The van der Waals surface area contributed by atoms with Gasteiger partial charge in [0.05, 0.1) is 11.7 Å². The number of benzene rings is 1. The maximum atomic E-state index is 6.39. The molecule has 3 rings (SSSR count). The first-order valence-corrected chi connectivity index (χ1v) is 8.84. The highest BCUT2D eigenvalue weighted by atomic mass is 35.5. The molecular weight excluding hydrogens is 323 g/mol. The number of hydrogen-bond donors (Lipinski definition) is 1. The van der Waals surface area contributed by atoms with Gasteiger partial charge in [-0.15, -0.1) is 11.3 Å². The van der Waals surface area contributed by atoms with Crippen LogP contribution in [0.4, 0.5) is 0 Å². The molecular formula is C16H18Cl2N2S. The van der Waals surface area contributed by atoms with E-state index in [4.69, 9.17) is 28.2 Å². The average molecular weight is 341 g/mol. The maximum absolute atomic E-state index is 6.39. The van der Waals surface area contributed by atoms with E-state index in [1.165, 1.54) is 12.8 Å². The van der Waals surface area contributed by atoms with Crippen molar-refractivity contribution in [3.05, 3.63) is 49.9 Å². The minimum absolute atomic E-state index is 0.0289. The van der Waals surface area contributed by atoms with Crippen LogP contribution in [0, 0.1) is 0 Å². The summed E-state index contributed by atoms with van der Waals surface area (Å²) in [6, 6.07) is 6.22. The van der Waals surface area contributed by atoms with Gasteiger partial charge in [0, 0.05) is 21.5 Å². The third kappa shape index (κ3) is 3.59. The highest BCUT2D eigenvalue weighted by Gasteiger charge is 2.29. The van der Waals surface area contributed by atoms with Gasteiger partial charge in [-0.05, 0) is 42.5 Å². The Hall–Kier alpha value is -0.610. The number of rotatable bonds is 5. The van der Waals surface area contributed by atoms with E-state index in [2.05, 4.69) is 24.5 Å². The van der Waals surface area contributed by atoms with Gasteiger partial charge in [-0.2, -0.15) is 0 Å². The number of halogens is 2. The van der Waals surface area contributed by atoms with Crippen LogP contribution < -0.4 is 5.32 Å². The van der Waals surface area contributed by atoms with Crippen LogP contribution in [0.5, 0.6) is 0 Å². The second kappa shape index (κ2) is 6.25. The minimum atomic E-state index is 0.0289. The monoisotopic (exact) mass is 340 g/mol. The largest absolute Gasteiger partial charge is 0.301 e. The molecule has 1 aromatic carbocycles. The second-order valence-electron chi connectivity index (χ2n) is 5.81. The number of thiazole rings is 1. The zero-order valence-corrected chi connectivity index (χ0v) is 14.4. The lowest BCUT2D eigenvalue weighted by Crippen LogP contribution is -2.24. The number of nitrogens with zero attached hydrogens (tertiary/aromatic N) is 1. The normalized spacial score (nSPS) is 16.4. The molecule has 1 aliphatic rings. The fraction of sp³-hybridized carbons (Fsp3) is 0.438. The van der Waals surface area contributed by atoms with Crippen molar-refractivity contribution in [3.8, 4) is 0 Å². The Labute approximate surface area is 139 Å². The first kappa shape index (κ1) is 15.3. The van der Waals surface area contributed by atoms with Crippen molar-refractivity contribution in [2.45, 2.75) is 44.7 Å². The van der Waals surface area contributed by atoms with Gasteiger partial charge in [0.25, 0.3) is 0 Å². The number of nitrogens with one attached hydrogen (secondary N) is 1. The minimum Gasteiger partial charge on any atom is -0.301 e. The van der Waals surface area contributed by atoms with E-state index in [-0.39, 0.29) is 6.04 Å². The Morgan fingerprint density at radius 2 is 2.05 bits per heavy atom. The van der Waals surface area contributed by atoms with Crippen LogP contribution >= 0.6 is 34.5 Å². The van der Waals surface area contributed by atoms with Crippen LogP contribution in [-0.4, -0.2) is 11.0 Å². The third-order valence-electron chi connectivity index (χ3n) is 3.63. The first-order chi connectivity index (χ1) is 10.0. The zero-order valence-electron chi connectivity index (χ0n) is 12.1. The lowest BCUT2D eigenvalue weighted by molar-refractivity contribution is 0.595. The Morgan fingerprint density at radius 3 is 2.67 bits per heavy atom. The fourth-order valence-corrected chi connectivity index (χ4v) is 3.68. The highest BCUT2D eigenvalue weighted by molar-refractivity contribution is 7.09. The molecule has 1 saturated carbocycles. The van der Waals surface area contributed by atoms with Crippen LogP contribution in [0.1, 0.15) is 54.9 Å². The summed E-state index contributed by atoms with van der Waals surface area (Å²) in [6.45, 7) is 4.32. The first-order valence-electron chi connectivity index (χ1n) is 7.21. The third-order valence-corrected chi connectivity index (χ3v) is 5.13. The molecule has 1 atom stereocenters. The van der Waals surface area contributed by atoms with Crippen molar-refractivity contribution in [1.82, 2.24) is 10.3 Å². The molecule has 21 heavy (non-hydrogen) atoms. The van der Waals surface area contributed by atoms with E-state index >= 15 is 0 Å².